The van der Waals surface area contributed by atoms with Gasteiger partial charge in [0.2, 0.25) is 0 Å². The van der Waals surface area contributed by atoms with Gasteiger partial charge in [0, 0.05) is 40.3 Å². The zero-order valence-electron chi connectivity index (χ0n) is 14.4. The minimum atomic E-state index is -3.68. The van der Waals surface area contributed by atoms with Crippen molar-refractivity contribution in [2.24, 2.45) is 10.3 Å². The van der Waals surface area contributed by atoms with E-state index >= 15 is 0 Å². The molecule has 0 spiro atoms. The van der Waals surface area contributed by atoms with Crippen molar-refractivity contribution < 1.29 is 13.2 Å². The zero-order valence-corrected chi connectivity index (χ0v) is 15.2. The van der Waals surface area contributed by atoms with Crippen LogP contribution < -0.4 is 0 Å². The third kappa shape index (κ3) is 4.67. The van der Waals surface area contributed by atoms with E-state index in [1.807, 2.05) is 19.0 Å². The number of nitrogens with zero attached hydrogens (tertiary/aromatic N) is 3. The molecule has 0 aromatic heterocycles. The van der Waals surface area contributed by atoms with Gasteiger partial charge >= 0.3 is 0 Å². The normalized spacial score (nSPS) is 20.5. The largest absolute Gasteiger partial charge is 0.383 e. The van der Waals surface area contributed by atoms with Crippen LogP contribution in [-0.2, 0) is 14.8 Å². The van der Waals surface area contributed by atoms with Gasteiger partial charge < -0.3 is 9.80 Å². The molecule has 2 rings (SSSR count). The average molecular weight is 349 g/mol. The van der Waals surface area contributed by atoms with Crippen LogP contribution in [0.1, 0.15) is 17.9 Å². The molecule has 0 amide bonds. The van der Waals surface area contributed by atoms with Gasteiger partial charge in [0.05, 0.1) is 4.90 Å². The van der Waals surface area contributed by atoms with Crippen LogP contribution in [0.15, 0.2) is 45.8 Å². The SMILES string of the molecule is CN(C)C=NS(=O)(=O)c1ccc(C2C[C@H]2C(=O)/C=C/N(C)C)cc1. The smallest absolute Gasteiger partial charge is 0.283 e. The van der Waals surface area contributed by atoms with E-state index in [2.05, 4.69) is 4.40 Å². The van der Waals surface area contributed by atoms with Gasteiger partial charge in [-0.15, -0.1) is 4.40 Å². The summed E-state index contributed by atoms with van der Waals surface area (Å²) in [7, 11) is 3.46. The van der Waals surface area contributed by atoms with E-state index in [9.17, 15) is 13.2 Å². The molecule has 1 unspecified atom stereocenters. The Morgan fingerprint density at radius 2 is 1.75 bits per heavy atom. The molecule has 0 heterocycles. The molecule has 1 aromatic carbocycles. The van der Waals surface area contributed by atoms with Gasteiger partial charge in [-0.2, -0.15) is 8.42 Å². The Morgan fingerprint density at radius 1 is 1.12 bits per heavy atom. The number of carbonyl (C=O) groups excluding carboxylic acids is 1. The predicted molar refractivity (Wildman–Crippen MR) is 94.5 cm³/mol. The van der Waals surface area contributed by atoms with Gasteiger partial charge in [-0.3, -0.25) is 4.79 Å². The Balaban J connectivity index is 2.05. The summed E-state index contributed by atoms with van der Waals surface area (Å²) < 4.78 is 27.7. The third-order valence-electron chi connectivity index (χ3n) is 3.72. The third-order valence-corrected chi connectivity index (χ3v) is 4.96. The van der Waals surface area contributed by atoms with Crippen LogP contribution in [0.5, 0.6) is 0 Å². The van der Waals surface area contributed by atoms with E-state index in [0.717, 1.165) is 12.0 Å². The lowest BCUT2D eigenvalue weighted by Gasteiger charge is -2.05. The summed E-state index contributed by atoms with van der Waals surface area (Å²) in [5, 5.41) is 0. The monoisotopic (exact) mass is 349 g/mol. The van der Waals surface area contributed by atoms with Crippen molar-refractivity contribution in [3.05, 3.63) is 42.1 Å². The number of carbonyl (C=O) groups is 1. The molecule has 0 N–H and O–H groups in total. The molecule has 0 radical (unpaired) electrons. The van der Waals surface area contributed by atoms with E-state index in [1.54, 1.807) is 55.5 Å². The molecule has 1 aromatic rings. The number of hydrogen-bond acceptors (Lipinski definition) is 4. The second-order valence-electron chi connectivity index (χ2n) is 6.36. The maximum absolute atomic E-state index is 12.1. The van der Waals surface area contributed by atoms with Gasteiger partial charge in [-0.05, 0) is 36.1 Å². The van der Waals surface area contributed by atoms with Gasteiger partial charge in [0.15, 0.2) is 5.78 Å². The number of ketones is 1. The van der Waals surface area contributed by atoms with Crippen molar-refractivity contribution in [1.82, 2.24) is 9.80 Å². The van der Waals surface area contributed by atoms with Crippen LogP contribution in [0.25, 0.3) is 0 Å². The maximum Gasteiger partial charge on any atom is 0.283 e. The summed E-state index contributed by atoms with van der Waals surface area (Å²) in [5.74, 6) is 0.280. The van der Waals surface area contributed by atoms with Gasteiger partial charge in [0.25, 0.3) is 10.0 Å². The molecule has 0 saturated heterocycles. The lowest BCUT2D eigenvalue weighted by atomic mass is 10.1. The van der Waals surface area contributed by atoms with Crippen molar-refractivity contribution in [2.45, 2.75) is 17.2 Å². The van der Waals surface area contributed by atoms with Crippen LogP contribution >= 0.6 is 0 Å². The van der Waals surface area contributed by atoms with Gasteiger partial charge in [-0.1, -0.05) is 12.1 Å². The molecule has 1 saturated carbocycles. The van der Waals surface area contributed by atoms with Crippen molar-refractivity contribution in [3.63, 3.8) is 0 Å². The van der Waals surface area contributed by atoms with Crippen LogP contribution in [0, 0.1) is 5.92 Å². The van der Waals surface area contributed by atoms with Crippen LogP contribution in [0.4, 0.5) is 0 Å². The highest BCUT2D eigenvalue weighted by molar-refractivity contribution is 7.90. The van der Waals surface area contributed by atoms with Crippen LogP contribution in [-0.4, -0.2) is 58.5 Å². The Hall–Kier alpha value is -2.15. The van der Waals surface area contributed by atoms with Crippen molar-refractivity contribution >= 4 is 22.1 Å². The molecule has 2 atom stereocenters. The van der Waals surface area contributed by atoms with E-state index in [-0.39, 0.29) is 22.5 Å². The van der Waals surface area contributed by atoms with Crippen molar-refractivity contribution in [3.8, 4) is 0 Å². The molecular weight excluding hydrogens is 326 g/mol. The molecule has 24 heavy (non-hydrogen) atoms. The molecule has 1 aliphatic rings. The highest BCUT2D eigenvalue weighted by Crippen LogP contribution is 2.48. The van der Waals surface area contributed by atoms with Crippen LogP contribution in [0.2, 0.25) is 0 Å². The van der Waals surface area contributed by atoms with E-state index in [0.29, 0.717) is 0 Å². The molecular formula is C17H23N3O3S. The molecule has 0 aliphatic heterocycles. The molecule has 1 fully saturated rings. The fourth-order valence-corrected chi connectivity index (χ4v) is 3.24. The van der Waals surface area contributed by atoms with Crippen molar-refractivity contribution in [2.75, 3.05) is 28.2 Å². The molecule has 1 aliphatic carbocycles. The first-order chi connectivity index (χ1) is 11.2. The lowest BCUT2D eigenvalue weighted by molar-refractivity contribution is -0.115. The standard InChI is InChI=1S/C17H23N3O3S/c1-19(2)10-9-17(21)16-11-15(16)13-5-7-14(8-6-13)24(22,23)18-12-20(3)4/h5-10,12,15-16H,11H2,1-4H3/b10-9+,18-12?/t15?,16-/m1/s1. The number of hydrogen-bond donors (Lipinski definition) is 0. The Kier molecular flexibility index (Phi) is 5.43. The molecule has 130 valence electrons. The summed E-state index contributed by atoms with van der Waals surface area (Å²) in [6.07, 6.45) is 5.41. The first kappa shape index (κ1) is 18.2. The fourth-order valence-electron chi connectivity index (χ4n) is 2.33. The van der Waals surface area contributed by atoms with Gasteiger partial charge in [0.1, 0.15) is 6.34 Å². The molecule has 6 nitrogen and oxygen atoms in total. The van der Waals surface area contributed by atoms with E-state index in [4.69, 9.17) is 0 Å². The molecule has 0 bridgehead atoms. The summed E-state index contributed by atoms with van der Waals surface area (Å²) in [5.41, 5.74) is 0.988. The number of sulfonamides is 1. The summed E-state index contributed by atoms with van der Waals surface area (Å²) in [4.78, 5) is 15.6. The minimum absolute atomic E-state index is 0.00424. The number of benzene rings is 1. The minimum Gasteiger partial charge on any atom is -0.383 e. The second-order valence-corrected chi connectivity index (χ2v) is 7.99. The second kappa shape index (κ2) is 7.17. The summed E-state index contributed by atoms with van der Waals surface area (Å²) in [6.45, 7) is 0. The highest BCUT2D eigenvalue weighted by Gasteiger charge is 2.42. The highest BCUT2D eigenvalue weighted by atomic mass is 32.2. The first-order valence-corrected chi connectivity index (χ1v) is 9.10. The Morgan fingerprint density at radius 3 is 2.29 bits per heavy atom. The first-order valence-electron chi connectivity index (χ1n) is 7.66. The fraction of sp³-hybridized carbons (Fsp3) is 0.412. The number of rotatable bonds is 7. The van der Waals surface area contributed by atoms with Crippen molar-refractivity contribution in [1.29, 1.82) is 0 Å². The summed E-state index contributed by atoms with van der Waals surface area (Å²) >= 11 is 0. The van der Waals surface area contributed by atoms with Gasteiger partial charge in [-0.25, -0.2) is 0 Å². The Labute approximate surface area is 143 Å². The zero-order chi connectivity index (χ0) is 17.9. The topological polar surface area (TPSA) is 70.0 Å². The van der Waals surface area contributed by atoms with E-state index in [1.165, 1.54) is 6.34 Å². The maximum atomic E-state index is 12.1. The predicted octanol–water partition coefficient (Wildman–Crippen LogP) is 1.71. The van der Waals surface area contributed by atoms with E-state index < -0.39 is 10.0 Å². The lowest BCUT2D eigenvalue weighted by Crippen LogP contribution is -2.10. The summed E-state index contributed by atoms with van der Waals surface area (Å²) in [6, 6.07) is 6.64. The van der Waals surface area contributed by atoms with Crippen LogP contribution in [0.3, 0.4) is 0 Å². The average Bonchev–Trinajstić information content (AvgIpc) is 3.31. The number of allylic oxidation sites excluding steroid dienone is 1. The Bertz CT molecular complexity index is 750. The quantitative estimate of drug-likeness (QED) is 0.426. The molecule has 7 heteroatoms.